The van der Waals surface area contributed by atoms with Gasteiger partial charge in [0.1, 0.15) is 0 Å². The molecule has 1 aliphatic carbocycles. The van der Waals surface area contributed by atoms with Crippen molar-refractivity contribution in [1.82, 2.24) is 9.80 Å². The molecule has 0 radical (unpaired) electrons. The highest BCUT2D eigenvalue weighted by molar-refractivity contribution is 4.97. The van der Waals surface area contributed by atoms with E-state index in [1.807, 2.05) is 0 Å². The number of piperazine rings is 1. The second-order valence-electron chi connectivity index (χ2n) is 9.07. The van der Waals surface area contributed by atoms with Crippen molar-refractivity contribution >= 4 is 0 Å². The molecule has 2 saturated heterocycles. The van der Waals surface area contributed by atoms with E-state index in [9.17, 15) is 0 Å². The van der Waals surface area contributed by atoms with E-state index in [1.54, 1.807) is 0 Å². The smallest absolute Gasteiger partial charge is 0.0249 e. The quantitative estimate of drug-likeness (QED) is 0.754. The van der Waals surface area contributed by atoms with Crippen LogP contribution in [0.15, 0.2) is 0 Å². The van der Waals surface area contributed by atoms with Gasteiger partial charge in [-0.25, -0.2) is 0 Å². The molecule has 3 atom stereocenters. The molecule has 21 heavy (non-hydrogen) atoms. The molecule has 0 N–H and O–H groups in total. The minimum atomic E-state index is 0.564. The molecule has 3 unspecified atom stereocenters. The lowest BCUT2D eigenvalue weighted by Crippen LogP contribution is -2.63. The van der Waals surface area contributed by atoms with Gasteiger partial charge < -0.3 is 0 Å². The van der Waals surface area contributed by atoms with Crippen LogP contribution in [0.3, 0.4) is 0 Å². The lowest BCUT2D eigenvalue weighted by molar-refractivity contribution is -0.0483. The number of hydrogen-bond acceptors (Lipinski definition) is 2. The Kier molecular flexibility index (Phi) is 4.66. The van der Waals surface area contributed by atoms with Crippen LogP contribution < -0.4 is 0 Å². The zero-order valence-electron chi connectivity index (χ0n) is 14.8. The first-order valence-electron chi connectivity index (χ1n) is 9.46. The molecular weight excluding hydrogens is 256 g/mol. The summed E-state index contributed by atoms with van der Waals surface area (Å²) in [6, 6.07) is 2.50. The fourth-order valence-corrected chi connectivity index (χ4v) is 5.19. The van der Waals surface area contributed by atoms with Crippen LogP contribution in [0.2, 0.25) is 0 Å². The van der Waals surface area contributed by atoms with Gasteiger partial charge in [-0.05, 0) is 50.0 Å². The molecule has 0 aromatic carbocycles. The van der Waals surface area contributed by atoms with E-state index >= 15 is 0 Å². The molecule has 0 spiro atoms. The third-order valence-corrected chi connectivity index (χ3v) is 6.44. The van der Waals surface area contributed by atoms with Gasteiger partial charge >= 0.3 is 0 Å². The maximum Gasteiger partial charge on any atom is 0.0249 e. The Labute approximate surface area is 132 Å². The second kappa shape index (κ2) is 6.20. The number of rotatable bonds is 2. The zero-order chi connectivity index (χ0) is 15.0. The molecule has 3 rings (SSSR count). The topological polar surface area (TPSA) is 6.48 Å². The van der Waals surface area contributed by atoms with Gasteiger partial charge in [-0.2, -0.15) is 0 Å². The van der Waals surface area contributed by atoms with E-state index in [0.717, 1.165) is 24.0 Å². The molecular formula is C19H36N2. The van der Waals surface area contributed by atoms with Crippen molar-refractivity contribution in [1.29, 1.82) is 0 Å². The predicted octanol–water partition coefficient (Wildman–Crippen LogP) is 4.15. The monoisotopic (exact) mass is 292 g/mol. The van der Waals surface area contributed by atoms with Crippen LogP contribution >= 0.6 is 0 Å². The van der Waals surface area contributed by atoms with E-state index in [2.05, 4.69) is 37.5 Å². The molecule has 0 amide bonds. The summed E-state index contributed by atoms with van der Waals surface area (Å²) in [6.45, 7) is 13.9. The van der Waals surface area contributed by atoms with Crippen molar-refractivity contribution in [3.05, 3.63) is 0 Å². The van der Waals surface area contributed by atoms with Gasteiger partial charge in [0.25, 0.3) is 0 Å². The van der Waals surface area contributed by atoms with Gasteiger partial charge in [0.2, 0.25) is 0 Å². The van der Waals surface area contributed by atoms with E-state index in [1.165, 1.54) is 64.6 Å². The zero-order valence-corrected chi connectivity index (χ0v) is 14.8. The van der Waals surface area contributed by atoms with E-state index in [4.69, 9.17) is 0 Å². The Morgan fingerprint density at radius 2 is 1.71 bits per heavy atom. The summed E-state index contributed by atoms with van der Waals surface area (Å²) in [5, 5.41) is 0. The van der Waals surface area contributed by atoms with E-state index < -0.39 is 0 Å². The standard InChI is InChI=1S/C19H36N2/c1-15(2)18-14-20-11-6-5-8-17(20)13-21(18)16-9-7-10-19(3,4)12-16/h15-18H,5-14H2,1-4H3. The average Bonchev–Trinajstić information content (AvgIpc) is 2.44. The molecule has 3 aliphatic rings. The van der Waals surface area contributed by atoms with Crippen LogP contribution in [-0.4, -0.2) is 47.6 Å². The van der Waals surface area contributed by atoms with Crippen LogP contribution in [0.5, 0.6) is 0 Å². The normalized spacial score (nSPS) is 38.4. The number of piperidine rings is 1. The molecule has 2 nitrogen and oxygen atoms in total. The number of nitrogens with zero attached hydrogens (tertiary/aromatic N) is 2. The van der Waals surface area contributed by atoms with Gasteiger partial charge in [0.15, 0.2) is 0 Å². The molecule has 2 aliphatic heterocycles. The summed E-state index contributed by atoms with van der Waals surface area (Å²) in [5.41, 5.74) is 0.564. The van der Waals surface area contributed by atoms with Crippen molar-refractivity contribution < 1.29 is 0 Å². The first-order valence-corrected chi connectivity index (χ1v) is 9.46. The van der Waals surface area contributed by atoms with Crippen LogP contribution in [-0.2, 0) is 0 Å². The summed E-state index contributed by atoms with van der Waals surface area (Å²) >= 11 is 0. The summed E-state index contributed by atoms with van der Waals surface area (Å²) in [5.74, 6) is 0.790. The van der Waals surface area contributed by atoms with Crippen molar-refractivity contribution in [2.45, 2.75) is 90.8 Å². The number of fused-ring (bicyclic) bond motifs is 1. The summed E-state index contributed by atoms with van der Waals surface area (Å²) in [4.78, 5) is 5.77. The molecule has 0 aromatic heterocycles. The molecule has 2 heteroatoms. The molecule has 0 bridgehead atoms. The van der Waals surface area contributed by atoms with Crippen molar-refractivity contribution in [3.8, 4) is 0 Å². The predicted molar refractivity (Wildman–Crippen MR) is 90.6 cm³/mol. The van der Waals surface area contributed by atoms with Crippen LogP contribution in [0.1, 0.15) is 72.6 Å². The maximum absolute atomic E-state index is 2.96. The van der Waals surface area contributed by atoms with Crippen molar-refractivity contribution in [3.63, 3.8) is 0 Å². The highest BCUT2D eigenvalue weighted by Crippen LogP contribution is 2.40. The Balaban J connectivity index is 1.74. The summed E-state index contributed by atoms with van der Waals surface area (Å²) in [6.07, 6.45) is 10.1. The Hall–Kier alpha value is -0.0800. The lowest BCUT2D eigenvalue weighted by atomic mass is 9.73. The molecule has 2 heterocycles. The van der Waals surface area contributed by atoms with Gasteiger partial charge in [-0.3, -0.25) is 9.80 Å². The second-order valence-corrected chi connectivity index (χ2v) is 9.07. The van der Waals surface area contributed by atoms with Crippen LogP contribution in [0.4, 0.5) is 0 Å². The lowest BCUT2D eigenvalue weighted by Gasteiger charge is -2.54. The Bertz CT molecular complexity index is 349. The van der Waals surface area contributed by atoms with Crippen molar-refractivity contribution in [2.24, 2.45) is 11.3 Å². The SMILES string of the molecule is CC(C)C1CN2CCCCC2CN1C1CCCC(C)(C)C1. The molecule has 3 fully saturated rings. The van der Waals surface area contributed by atoms with Crippen LogP contribution in [0, 0.1) is 11.3 Å². The van der Waals surface area contributed by atoms with Gasteiger partial charge in [0.05, 0.1) is 0 Å². The first-order chi connectivity index (χ1) is 9.96. The van der Waals surface area contributed by atoms with Gasteiger partial charge in [-0.1, -0.05) is 40.5 Å². The summed E-state index contributed by atoms with van der Waals surface area (Å²) in [7, 11) is 0. The molecule has 122 valence electrons. The Morgan fingerprint density at radius 1 is 0.952 bits per heavy atom. The molecule has 0 aromatic rings. The highest BCUT2D eigenvalue weighted by atomic mass is 15.3. The highest BCUT2D eigenvalue weighted by Gasteiger charge is 2.41. The summed E-state index contributed by atoms with van der Waals surface area (Å²) < 4.78 is 0. The minimum Gasteiger partial charge on any atom is -0.298 e. The van der Waals surface area contributed by atoms with E-state index in [-0.39, 0.29) is 0 Å². The minimum absolute atomic E-state index is 0.564. The third kappa shape index (κ3) is 3.47. The number of hydrogen-bond donors (Lipinski definition) is 0. The fourth-order valence-electron chi connectivity index (χ4n) is 5.19. The average molecular weight is 293 g/mol. The third-order valence-electron chi connectivity index (χ3n) is 6.44. The maximum atomic E-state index is 2.96. The fraction of sp³-hybridized carbons (Fsp3) is 1.00. The van der Waals surface area contributed by atoms with E-state index in [0.29, 0.717) is 5.41 Å². The van der Waals surface area contributed by atoms with Gasteiger partial charge in [0, 0.05) is 31.2 Å². The largest absolute Gasteiger partial charge is 0.298 e. The van der Waals surface area contributed by atoms with Gasteiger partial charge in [-0.15, -0.1) is 0 Å². The Morgan fingerprint density at radius 3 is 2.43 bits per heavy atom. The first kappa shape index (κ1) is 15.8. The molecule has 1 saturated carbocycles. The van der Waals surface area contributed by atoms with Crippen LogP contribution in [0.25, 0.3) is 0 Å². The van der Waals surface area contributed by atoms with Crippen molar-refractivity contribution in [2.75, 3.05) is 19.6 Å².